The summed E-state index contributed by atoms with van der Waals surface area (Å²) in [4.78, 5) is 14.5. The largest absolute Gasteiger partial charge is 0.381 e. The average molecular weight is 280 g/mol. The predicted molar refractivity (Wildman–Crippen MR) is 79.0 cm³/mol. The molecule has 1 rings (SSSR count). The molecule has 0 N–H and O–H groups in total. The van der Waals surface area contributed by atoms with Crippen LogP contribution >= 0.6 is 0 Å². The predicted octanol–water partition coefficient (Wildman–Crippen LogP) is 2.98. The topological polar surface area (TPSA) is 53.3 Å². The highest BCUT2D eigenvalue weighted by molar-refractivity contribution is 5.85. The number of ether oxygens (including phenoxy) is 1. The number of carbonyl (C=O) groups is 1. The van der Waals surface area contributed by atoms with Gasteiger partial charge < -0.3 is 9.64 Å². The summed E-state index contributed by atoms with van der Waals surface area (Å²) in [5, 5.41) is 9.54. The van der Waals surface area contributed by atoms with Crippen LogP contribution < -0.4 is 0 Å². The van der Waals surface area contributed by atoms with E-state index in [0.717, 1.165) is 38.9 Å². The van der Waals surface area contributed by atoms with Crippen LogP contribution in [0.5, 0.6) is 0 Å². The summed E-state index contributed by atoms with van der Waals surface area (Å²) in [6, 6.07) is 2.31. The Morgan fingerprint density at radius 1 is 1.40 bits per heavy atom. The van der Waals surface area contributed by atoms with Crippen molar-refractivity contribution in [1.82, 2.24) is 4.90 Å². The summed E-state index contributed by atoms with van der Waals surface area (Å²) in [6.45, 7) is 6.34. The van der Waals surface area contributed by atoms with Crippen LogP contribution in [0.15, 0.2) is 0 Å². The molecule has 1 aliphatic heterocycles. The van der Waals surface area contributed by atoms with Gasteiger partial charge in [0.1, 0.15) is 5.41 Å². The Morgan fingerprint density at radius 3 is 2.50 bits per heavy atom. The summed E-state index contributed by atoms with van der Waals surface area (Å²) >= 11 is 0. The van der Waals surface area contributed by atoms with E-state index < -0.39 is 5.41 Å². The van der Waals surface area contributed by atoms with Crippen molar-refractivity contribution in [2.45, 2.75) is 52.4 Å². The third kappa shape index (κ3) is 4.21. The van der Waals surface area contributed by atoms with Gasteiger partial charge in [-0.3, -0.25) is 4.79 Å². The molecular formula is C16H28N2O2. The van der Waals surface area contributed by atoms with E-state index in [1.54, 1.807) is 4.90 Å². The summed E-state index contributed by atoms with van der Waals surface area (Å²) in [5.41, 5.74) is -0.826. The molecule has 0 spiro atoms. The molecule has 1 atom stereocenters. The van der Waals surface area contributed by atoms with Gasteiger partial charge in [0.25, 0.3) is 0 Å². The fourth-order valence-corrected chi connectivity index (χ4v) is 3.14. The molecule has 0 aromatic rings. The molecular weight excluding hydrogens is 252 g/mol. The highest BCUT2D eigenvalue weighted by Gasteiger charge is 2.39. The Morgan fingerprint density at radius 2 is 2.05 bits per heavy atom. The number of rotatable bonds is 7. The summed E-state index contributed by atoms with van der Waals surface area (Å²) in [5.74, 6) is 0.409. The summed E-state index contributed by atoms with van der Waals surface area (Å²) in [7, 11) is 1.83. The molecule has 1 saturated heterocycles. The van der Waals surface area contributed by atoms with Crippen molar-refractivity contribution in [1.29, 1.82) is 5.26 Å². The van der Waals surface area contributed by atoms with Gasteiger partial charge in [0.15, 0.2) is 0 Å². The van der Waals surface area contributed by atoms with E-state index in [0.29, 0.717) is 25.3 Å². The smallest absolute Gasteiger partial charge is 0.242 e. The van der Waals surface area contributed by atoms with Gasteiger partial charge in [-0.2, -0.15) is 5.26 Å². The van der Waals surface area contributed by atoms with Gasteiger partial charge in [-0.1, -0.05) is 26.7 Å². The quantitative estimate of drug-likeness (QED) is 0.720. The standard InChI is InChI=1S/C16H28N2O2/c1-4-8-16(13-17,9-5-2)15(19)18(3)11-14-7-6-10-20-12-14/h14H,4-12H2,1-3H3. The Balaban J connectivity index is 2.69. The fraction of sp³-hybridized carbons (Fsp3) is 0.875. The van der Waals surface area contributed by atoms with E-state index in [1.807, 2.05) is 20.9 Å². The van der Waals surface area contributed by atoms with Crippen LogP contribution in [0.3, 0.4) is 0 Å². The van der Waals surface area contributed by atoms with Gasteiger partial charge in [-0.05, 0) is 31.6 Å². The van der Waals surface area contributed by atoms with Crippen LogP contribution in [0, 0.1) is 22.7 Å². The maximum atomic E-state index is 12.7. The summed E-state index contributed by atoms with van der Waals surface area (Å²) < 4.78 is 5.47. The van der Waals surface area contributed by atoms with Gasteiger partial charge >= 0.3 is 0 Å². The lowest BCUT2D eigenvalue weighted by Crippen LogP contribution is -2.44. The molecule has 20 heavy (non-hydrogen) atoms. The SMILES string of the molecule is CCCC(C#N)(CCC)C(=O)N(C)CC1CCCOC1. The van der Waals surface area contributed by atoms with E-state index in [1.165, 1.54) is 0 Å². The first-order chi connectivity index (χ1) is 9.59. The second-order valence-electron chi connectivity index (χ2n) is 5.96. The van der Waals surface area contributed by atoms with Crippen molar-refractivity contribution >= 4 is 5.91 Å². The van der Waals surface area contributed by atoms with Crippen LogP contribution in [-0.2, 0) is 9.53 Å². The third-order valence-electron chi connectivity index (χ3n) is 4.11. The molecule has 0 aromatic heterocycles. The molecule has 0 radical (unpaired) electrons. The molecule has 114 valence electrons. The van der Waals surface area contributed by atoms with Crippen molar-refractivity contribution in [3.05, 3.63) is 0 Å². The summed E-state index contributed by atoms with van der Waals surface area (Å²) in [6.07, 6.45) is 5.21. The van der Waals surface area contributed by atoms with Crippen molar-refractivity contribution < 1.29 is 9.53 Å². The highest BCUT2D eigenvalue weighted by atomic mass is 16.5. The van der Waals surface area contributed by atoms with Crippen LogP contribution in [0.2, 0.25) is 0 Å². The van der Waals surface area contributed by atoms with Crippen LogP contribution in [-0.4, -0.2) is 37.6 Å². The van der Waals surface area contributed by atoms with Gasteiger partial charge in [-0.15, -0.1) is 0 Å². The van der Waals surface area contributed by atoms with Crippen molar-refractivity contribution in [3.63, 3.8) is 0 Å². The molecule has 4 nitrogen and oxygen atoms in total. The second-order valence-corrected chi connectivity index (χ2v) is 5.96. The molecule has 0 saturated carbocycles. The first-order valence-electron chi connectivity index (χ1n) is 7.84. The number of hydrogen-bond donors (Lipinski definition) is 0. The second kappa shape index (κ2) is 8.26. The van der Waals surface area contributed by atoms with Gasteiger partial charge in [0.05, 0.1) is 12.7 Å². The molecule has 0 aromatic carbocycles. The third-order valence-corrected chi connectivity index (χ3v) is 4.11. The van der Waals surface area contributed by atoms with Gasteiger partial charge in [0, 0.05) is 20.2 Å². The molecule has 1 fully saturated rings. The van der Waals surface area contributed by atoms with Crippen molar-refractivity contribution in [2.24, 2.45) is 11.3 Å². The number of carbonyl (C=O) groups excluding carboxylic acids is 1. The lowest BCUT2D eigenvalue weighted by Gasteiger charge is -2.33. The first kappa shape index (κ1) is 17.0. The number of hydrogen-bond acceptors (Lipinski definition) is 3. The average Bonchev–Trinajstić information content (AvgIpc) is 2.47. The highest BCUT2D eigenvalue weighted by Crippen LogP contribution is 2.31. The Hall–Kier alpha value is -1.08. The zero-order valence-corrected chi connectivity index (χ0v) is 13.2. The van der Waals surface area contributed by atoms with E-state index >= 15 is 0 Å². The van der Waals surface area contributed by atoms with Crippen molar-refractivity contribution in [3.8, 4) is 6.07 Å². The molecule has 1 aliphatic rings. The Kier molecular flexibility index (Phi) is 7.01. The van der Waals surface area contributed by atoms with Crippen LogP contribution in [0.1, 0.15) is 52.4 Å². The fourth-order valence-electron chi connectivity index (χ4n) is 3.14. The molecule has 0 aliphatic carbocycles. The maximum Gasteiger partial charge on any atom is 0.242 e. The molecule has 1 unspecified atom stereocenters. The number of amides is 1. The Bertz CT molecular complexity index is 337. The van der Waals surface area contributed by atoms with E-state index in [-0.39, 0.29) is 5.91 Å². The molecule has 0 bridgehead atoms. The molecule has 4 heteroatoms. The van der Waals surface area contributed by atoms with Crippen LogP contribution in [0.25, 0.3) is 0 Å². The zero-order valence-electron chi connectivity index (χ0n) is 13.2. The van der Waals surface area contributed by atoms with Crippen molar-refractivity contribution in [2.75, 3.05) is 26.8 Å². The monoisotopic (exact) mass is 280 g/mol. The van der Waals surface area contributed by atoms with E-state index in [4.69, 9.17) is 4.74 Å². The Labute approximate surface area is 123 Å². The molecule has 1 amide bonds. The van der Waals surface area contributed by atoms with E-state index in [9.17, 15) is 10.1 Å². The van der Waals surface area contributed by atoms with Crippen LogP contribution in [0.4, 0.5) is 0 Å². The number of nitrogens with zero attached hydrogens (tertiary/aromatic N) is 2. The maximum absolute atomic E-state index is 12.7. The lowest BCUT2D eigenvalue weighted by atomic mass is 9.79. The van der Waals surface area contributed by atoms with Gasteiger partial charge in [-0.25, -0.2) is 0 Å². The number of nitriles is 1. The van der Waals surface area contributed by atoms with E-state index in [2.05, 4.69) is 6.07 Å². The minimum Gasteiger partial charge on any atom is -0.381 e. The molecule has 1 heterocycles. The minimum atomic E-state index is -0.826. The van der Waals surface area contributed by atoms with Gasteiger partial charge in [0.2, 0.25) is 5.91 Å². The minimum absolute atomic E-state index is 0.00530. The zero-order chi connectivity index (χ0) is 15.0. The first-order valence-corrected chi connectivity index (χ1v) is 7.84. The lowest BCUT2D eigenvalue weighted by molar-refractivity contribution is -0.139. The normalized spacial score (nSPS) is 19.4.